The number of aromatic nitrogens is 1. The van der Waals surface area contributed by atoms with Crippen molar-refractivity contribution in [2.24, 2.45) is 5.92 Å². The maximum Gasteiger partial charge on any atom is 0.126 e. The largest absolute Gasteiger partial charge is 0.493 e. The first-order valence-corrected chi connectivity index (χ1v) is 5.10. The average molecular weight is 192 g/mol. The highest BCUT2D eigenvalue weighted by atomic mass is 16.5. The molecule has 0 aliphatic heterocycles. The zero-order valence-electron chi connectivity index (χ0n) is 8.49. The molecule has 0 saturated heterocycles. The summed E-state index contributed by atoms with van der Waals surface area (Å²) in [7, 11) is 1.93. The monoisotopic (exact) mass is 192 g/mol. The van der Waals surface area contributed by atoms with E-state index < -0.39 is 0 Å². The minimum absolute atomic E-state index is 0.797. The first-order chi connectivity index (χ1) is 6.90. The van der Waals surface area contributed by atoms with Gasteiger partial charge in [0.1, 0.15) is 5.75 Å². The molecule has 3 nitrogen and oxygen atoms in total. The summed E-state index contributed by atoms with van der Waals surface area (Å²) in [5, 5.41) is 3.11. The number of hydrogen-bond acceptors (Lipinski definition) is 3. The Hall–Kier alpha value is -1.09. The Morgan fingerprint density at radius 2 is 2.43 bits per heavy atom. The number of nitrogens with one attached hydrogen (secondary N) is 1. The van der Waals surface area contributed by atoms with Crippen LogP contribution in [0.5, 0.6) is 5.75 Å². The predicted molar refractivity (Wildman–Crippen MR) is 55.2 cm³/mol. The zero-order valence-corrected chi connectivity index (χ0v) is 8.49. The summed E-state index contributed by atoms with van der Waals surface area (Å²) in [5.74, 6) is 1.77. The summed E-state index contributed by atoms with van der Waals surface area (Å²) in [5.41, 5.74) is 1.13. The molecular weight excluding hydrogens is 176 g/mol. The second-order valence-corrected chi connectivity index (χ2v) is 3.77. The second kappa shape index (κ2) is 4.42. The van der Waals surface area contributed by atoms with E-state index >= 15 is 0 Å². The van der Waals surface area contributed by atoms with Crippen LogP contribution in [0, 0.1) is 5.92 Å². The average Bonchev–Trinajstić information content (AvgIpc) is 3.01. The maximum absolute atomic E-state index is 5.73. The molecule has 0 bridgehead atoms. The van der Waals surface area contributed by atoms with Gasteiger partial charge in [-0.3, -0.25) is 4.98 Å². The third-order valence-corrected chi connectivity index (χ3v) is 2.40. The smallest absolute Gasteiger partial charge is 0.126 e. The summed E-state index contributed by atoms with van der Waals surface area (Å²) >= 11 is 0. The van der Waals surface area contributed by atoms with Gasteiger partial charge in [0.25, 0.3) is 0 Å². The van der Waals surface area contributed by atoms with Crippen molar-refractivity contribution in [1.29, 1.82) is 0 Å². The Labute approximate surface area is 84.5 Å². The van der Waals surface area contributed by atoms with Gasteiger partial charge in [-0.2, -0.15) is 0 Å². The van der Waals surface area contributed by atoms with Gasteiger partial charge in [-0.1, -0.05) is 0 Å². The SMILES string of the molecule is CNCc1cnccc1OCC1CC1. The molecule has 3 heteroatoms. The Morgan fingerprint density at radius 3 is 3.14 bits per heavy atom. The molecule has 0 unspecified atom stereocenters. The number of ether oxygens (including phenoxy) is 1. The van der Waals surface area contributed by atoms with Crippen LogP contribution in [0.4, 0.5) is 0 Å². The molecule has 1 heterocycles. The third-order valence-electron chi connectivity index (χ3n) is 2.40. The molecule has 1 N–H and O–H groups in total. The third kappa shape index (κ3) is 2.45. The van der Waals surface area contributed by atoms with Gasteiger partial charge >= 0.3 is 0 Å². The summed E-state index contributed by atoms with van der Waals surface area (Å²) in [6.45, 7) is 1.68. The molecule has 76 valence electrons. The standard InChI is InChI=1S/C11H16N2O/c1-12-6-10-7-13-5-4-11(10)14-8-9-2-3-9/h4-5,7,9,12H,2-3,6,8H2,1H3. The molecular formula is C11H16N2O. The van der Waals surface area contributed by atoms with Crippen molar-refractivity contribution in [2.75, 3.05) is 13.7 Å². The van der Waals surface area contributed by atoms with Crippen molar-refractivity contribution in [2.45, 2.75) is 19.4 Å². The fourth-order valence-electron chi connectivity index (χ4n) is 1.37. The molecule has 0 aromatic carbocycles. The Morgan fingerprint density at radius 1 is 1.57 bits per heavy atom. The minimum atomic E-state index is 0.797. The number of nitrogens with zero attached hydrogens (tertiary/aromatic N) is 1. The maximum atomic E-state index is 5.73. The van der Waals surface area contributed by atoms with E-state index in [1.165, 1.54) is 12.8 Å². The minimum Gasteiger partial charge on any atom is -0.493 e. The first kappa shape index (κ1) is 9.46. The Balaban J connectivity index is 1.97. The van der Waals surface area contributed by atoms with Crippen molar-refractivity contribution in [3.8, 4) is 5.75 Å². The van der Waals surface area contributed by atoms with Crippen LogP contribution in [0.3, 0.4) is 0 Å². The lowest BCUT2D eigenvalue weighted by Gasteiger charge is -2.09. The van der Waals surface area contributed by atoms with Crippen molar-refractivity contribution in [3.63, 3.8) is 0 Å². The molecule has 0 atom stereocenters. The van der Waals surface area contributed by atoms with Gasteiger partial charge < -0.3 is 10.1 Å². The van der Waals surface area contributed by atoms with Crippen molar-refractivity contribution in [3.05, 3.63) is 24.0 Å². The molecule has 1 aromatic rings. The summed E-state index contributed by atoms with van der Waals surface area (Å²) in [6.07, 6.45) is 6.29. The van der Waals surface area contributed by atoms with Crippen LogP contribution < -0.4 is 10.1 Å². The summed E-state index contributed by atoms with van der Waals surface area (Å²) in [4.78, 5) is 4.09. The van der Waals surface area contributed by atoms with E-state index in [1.807, 2.05) is 19.3 Å². The van der Waals surface area contributed by atoms with Crippen molar-refractivity contribution >= 4 is 0 Å². The Bertz CT molecular complexity index is 297. The molecule has 1 saturated carbocycles. The Kier molecular flexibility index (Phi) is 2.99. The first-order valence-electron chi connectivity index (χ1n) is 5.10. The summed E-state index contributed by atoms with van der Waals surface area (Å²) in [6, 6.07) is 1.94. The molecule has 0 radical (unpaired) electrons. The van der Waals surface area contributed by atoms with Gasteiger partial charge in [0.2, 0.25) is 0 Å². The van der Waals surface area contributed by atoms with E-state index in [9.17, 15) is 0 Å². The summed E-state index contributed by atoms with van der Waals surface area (Å²) < 4.78 is 5.73. The van der Waals surface area contributed by atoms with Crippen molar-refractivity contribution < 1.29 is 4.74 Å². The van der Waals surface area contributed by atoms with Crippen LogP contribution >= 0.6 is 0 Å². The van der Waals surface area contributed by atoms with Gasteiger partial charge in [0, 0.05) is 24.5 Å². The predicted octanol–water partition coefficient (Wildman–Crippen LogP) is 1.59. The van der Waals surface area contributed by atoms with E-state index in [-0.39, 0.29) is 0 Å². The highest BCUT2D eigenvalue weighted by Crippen LogP contribution is 2.30. The van der Waals surface area contributed by atoms with Gasteiger partial charge in [-0.25, -0.2) is 0 Å². The lowest BCUT2D eigenvalue weighted by atomic mass is 10.2. The zero-order chi connectivity index (χ0) is 9.80. The number of rotatable bonds is 5. The molecule has 14 heavy (non-hydrogen) atoms. The molecule has 1 fully saturated rings. The van der Waals surface area contributed by atoms with Gasteiger partial charge in [-0.15, -0.1) is 0 Å². The van der Waals surface area contributed by atoms with E-state index in [4.69, 9.17) is 4.74 Å². The molecule has 1 aliphatic rings. The van der Waals surface area contributed by atoms with Crippen molar-refractivity contribution in [1.82, 2.24) is 10.3 Å². The quantitative estimate of drug-likeness (QED) is 0.769. The normalized spacial score (nSPS) is 15.5. The van der Waals surface area contributed by atoms with Gasteiger partial charge in [0.15, 0.2) is 0 Å². The molecule has 1 aliphatic carbocycles. The molecule has 2 rings (SSSR count). The molecule has 1 aromatic heterocycles. The fourth-order valence-corrected chi connectivity index (χ4v) is 1.37. The highest BCUT2D eigenvalue weighted by molar-refractivity contribution is 5.29. The van der Waals surface area contributed by atoms with Crippen LogP contribution in [0.2, 0.25) is 0 Å². The van der Waals surface area contributed by atoms with Crippen LogP contribution in [-0.4, -0.2) is 18.6 Å². The van der Waals surface area contributed by atoms with Crippen LogP contribution in [-0.2, 0) is 6.54 Å². The fraction of sp³-hybridized carbons (Fsp3) is 0.545. The van der Waals surface area contributed by atoms with E-state index in [0.717, 1.165) is 30.4 Å². The van der Waals surface area contributed by atoms with E-state index in [1.54, 1.807) is 6.20 Å². The number of hydrogen-bond donors (Lipinski definition) is 1. The number of pyridine rings is 1. The second-order valence-electron chi connectivity index (χ2n) is 3.77. The lowest BCUT2D eigenvalue weighted by molar-refractivity contribution is 0.296. The molecule has 0 amide bonds. The van der Waals surface area contributed by atoms with Crippen LogP contribution in [0.25, 0.3) is 0 Å². The van der Waals surface area contributed by atoms with E-state index in [2.05, 4.69) is 10.3 Å². The van der Waals surface area contributed by atoms with Crippen LogP contribution in [0.15, 0.2) is 18.5 Å². The lowest BCUT2D eigenvalue weighted by Crippen LogP contribution is -2.09. The van der Waals surface area contributed by atoms with E-state index in [0.29, 0.717) is 0 Å². The topological polar surface area (TPSA) is 34.2 Å². The molecule has 0 spiro atoms. The van der Waals surface area contributed by atoms with Gasteiger partial charge in [0.05, 0.1) is 6.61 Å². The van der Waals surface area contributed by atoms with Gasteiger partial charge in [-0.05, 0) is 31.9 Å². The highest BCUT2D eigenvalue weighted by Gasteiger charge is 2.22. The van der Waals surface area contributed by atoms with Crippen LogP contribution in [0.1, 0.15) is 18.4 Å².